The zero-order valence-corrected chi connectivity index (χ0v) is 12.6. The van der Waals surface area contributed by atoms with Gasteiger partial charge in [0.15, 0.2) is 17.4 Å². The minimum atomic E-state index is -0.360. The van der Waals surface area contributed by atoms with Crippen LogP contribution in [0.3, 0.4) is 0 Å². The second kappa shape index (κ2) is 7.17. The molecule has 0 bridgehead atoms. The van der Waals surface area contributed by atoms with Crippen molar-refractivity contribution in [2.75, 3.05) is 6.54 Å². The van der Waals surface area contributed by atoms with Gasteiger partial charge in [-0.15, -0.1) is 10.2 Å². The van der Waals surface area contributed by atoms with Crippen LogP contribution < -0.4 is 10.1 Å². The summed E-state index contributed by atoms with van der Waals surface area (Å²) in [5.41, 5.74) is 0.902. The number of ether oxygens (including phenoxy) is 1. The fourth-order valence-corrected chi connectivity index (χ4v) is 1.86. The first-order chi connectivity index (χ1) is 10.1. The van der Waals surface area contributed by atoms with Crippen molar-refractivity contribution < 1.29 is 9.13 Å². The van der Waals surface area contributed by atoms with Gasteiger partial charge in [0.1, 0.15) is 12.9 Å². The number of aromatic nitrogens is 3. The molecule has 0 aliphatic carbocycles. The Labute approximate surface area is 124 Å². The van der Waals surface area contributed by atoms with E-state index in [9.17, 15) is 4.39 Å². The molecule has 0 atom stereocenters. The third kappa shape index (κ3) is 4.53. The first-order valence-corrected chi connectivity index (χ1v) is 7.01. The number of benzene rings is 1. The molecule has 0 unspecified atom stereocenters. The minimum absolute atomic E-state index is 0.193. The fourth-order valence-electron chi connectivity index (χ4n) is 1.86. The Morgan fingerprint density at radius 1 is 1.38 bits per heavy atom. The molecule has 0 amide bonds. The van der Waals surface area contributed by atoms with Gasteiger partial charge < -0.3 is 14.6 Å². The molecule has 6 heteroatoms. The third-order valence-electron chi connectivity index (χ3n) is 3.04. The van der Waals surface area contributed by atoms with Gasteiger partial charge in [0.25, 0.3) is 0 Å². The molecule has 0 saturated carbocycles. The van der Waals surface area contributed by atoms with E-state index in [1.807, 2.05) is 13.1 Å². The van der Waals surface area contributed by atoms with Crippen LogP contribution in [0.15, 0.2) is 24.5 Å². The van der Waals surface area contributed by atoms with Crippen molar-refractivity contribution in [1.29, 1.82) is 0 Å². The molecule has 1 aromatic carbocycles. The molecule has 1 heterocycles. The van der Waals surface area contributed by atoms with Gasteiger partial charge in [0.05, 0.1) is 0 Å². The predicted molar refractivity (Wildman–Crippen MR) is 78.3 cm³/mol. The maximum atomic E-state index is 14.0. The maximum absolute atomic E-state index is 14.0. The van der Waals surface area contributed by atoms with Crippen LogP contribution in [-0.2, 0) is 20.2 Å². The fraction of sp³-hybridized carbons (Fsp3) is 0.467. The first kappa shape index (κ1) is 15.4. The number of halogens is 1. The average Bonchev–Trinajstić information content (AvgIpc) is 2.83. The van der Waals surface area contributed by atoms with Crippen molar-refractivity contribution >= 4 is 0 Å². The van der Waals surface area contributed by atoms with Crippen LogP contribution in [-0.4, -0.2) is 21.3 Å². The Kier molecular flexibility index (Phi) is 5.27. The van der Waals surface area contributed by atoms with Crippen molar-refractivity contribution in [2.45, 2.75) is 27.0 Å². The molecule has 1 N–H and O–H groups in total. The van der Waals surface area contributed by atoms with Crippen LogP contribution in [0.4, 0.5) is 4.39 Å². The van der Waals surface area contributed by atoms with E-state index >= 15 is 0 Å². The molecule has 0 saturated heterocycles. The first-order valence-electron chi connectivity index (χ1n) is 7.01. The number of nitrogens with zero attached hydrogens (tertiary/aromatic N) is 3. The largest absolute Gasteiger partial charge is 0.483 e. The van der Waals surface area contributed by atoms with Gasteiger partial charge in [-0.1, -0.05) is 19.9 Å². The van der Waals surface area contributed by atoms with Crippen LogP contribution >= 0.6 is 0 Å². The SMILES string of the molecule is CC(C)CNCc1ccc(OCc2nncn2C)c(F)c1. The number of nitrogens with one attached hydrogen (secondary N) is 1. The molecule has 0 spiro atoms. The molecule has 1 aromatic heterocycles. The summed E-state index contributed by atoms with van der Waals surface area (Å²) < 4.78 is 21.1. The van der Waals surface area contributed by atoms with E-state index < -0.39 is 0 Å². The van der Waals surface area contributed by atoms with E-state index in [-0.39, 0.29) is 18.2 Å². The summed E-state index contributed by atoms with van der Waals surface area (Å²) in [7, 11) is 1.82. The van der Waals surface area contributed by atoms with Crippen LogP contribution in [0.2, 0.25) is 0 Å². The Hall–Kier alpha value is -1.95. The molecule has 0 fully saturated rings. The Bertz CT molecular complexity index is 583. The molecule has 0 aliphatic heterocycles. The monoisotopic (exact) mass is 292 g/mol. The zero-order valence-electron chi connectivity index (χ0n) is 12.6. The molecule has 114 valence electrons. The lowest BCUT2D eigenvalue weighted by atomic mass is 10.2. The number of aryl methyl sites for hydroxylation is 1. The van der Waals surface area contributed by atoms with Crippen molar-refractivity contribution in [3.63, 3.8) is 0 Å². The number of rotatable bonds is 7. The van der Waals surface area contributed by atoms with Gasteiger partial charge in [-0.25, -0.2) is 4.39 Å². The van der Waals surface area contributed by atoms with E-state index in [1.54, 1.807) is 17.0 Å². The van der Waals surface area contributed by atoms with Gasteiger partial charge in [-0.2, -0.15) is 0 Å². The highest BCUT2D eigenvalue weighted by atomic mass is 19.1. The highest BCUT2D eigenvalue weighted by Crippen LogP contribution is 2.19. The second-order valence-electron chi connectivity index (χ2n) is 5.44. The lowest BCUT2D eigenvalue weighted by molar-refractivity contribution is 0.276. The standard InChI is InChI=1S/C15H21FN4O/c1-11(2)7-17-8-12-4-5-14(13(16)6-12)21-9-15-19-18-10-20(15)3/h4-6,10-11,17H,7-9H2,1-3H3. The van der Waals surface area contributed by atoms with E-state index in [0.29, 0.717) is 18.3 Å². The molecule has 2 aromatic rings. The van der Waals surface area contributed by atoms with Crippen molar-refractivity contribution in [2.24, 2.45) is 13.0 Å². The Morgan fingerprint density at radius 3 is 2.81 bits per heavy atom. The van der Waals surface area contributed by atoms with Gasteiger partial charge in [-0.05, 0) is 30.2 Å². The lowest BCUT2D eigenvalue weighted by Gasteiger charge is -2.10. The van der Waals surface area contributed by atoms with Crippen molar-refractivity contribution in [1.82, 2.24) is 20.1 Å². The normalized spacial score (nSPS) is 11.1. The van der Waals surface area contributed by atoms with Crippen LogP contribution in [0.25, 0.3) is 0 Å². The summed E-state index contributed by atoms with van der Waals surface area (Å²) >= 11 is 0. The zero-order chi connectivity index (χ0) is 15.2. The Balaban J connectivity index is 1.91. The van der Waals surface area contributed by atoms with E-state index in [1.165, 1.54) is 6.07 Å². The van der Waals surface area contributed by atoms with Crippen LogP contribution in [0, 0.1) is 11.7 Å². The maximum Gasteiger partial charge on any atom is 0.170 e. The van der Waals surface area contributed by atoms with E-state index in [2.05, 4.69) is 29.4 Å². The van der Waals surface area contributed by atoms with Gasteiger partial charge in [0, 0.05) is 13.6 Å². The van der Waals surface area contributed by atoms with Crippen LogP contribution in [0.5, 0.6) is 5.75 Å². The summed E-state index contributed by atoms with van der Waals surface area (Å²) in [4.78, 5) is 0. The quantitative estimate of drug-likeness (QED) is 0.850. The number of hydrogen-bond acceptors (Lipinski definition) is 4. The van der Waals surface area contributed by atoms with Gasteiger partial charge in [-0.3, -0.25) is 0 Å². The summed E-state index contributed by atoms with van der Waals surface area (Å²) in [5, 5.41) is 10.9. The lowest BCUT2D eigenvalue weighted by Crippen LogP contribution is -2.19. The highest BCUT2D eigenvalue weighted by Gasteiger charge is 2.07. The molecule has 21 heavy (non-hydrogen) atoms. The van der Waals surface area contributed by atoms with Crippen LogP contribution in [0.1, 0.15) is 25.2 Å². The summed E-state index contributed by atoms with van der Waals surface area (Å²) in [6.07, 6.45) is 1.58. The topological polar surface area (TPSA) is 52.0 Å². The number of hydrogen-bond donors (Lipinski definition) is 1. The van der Waals surface area contributed by atoms with E-state index in [4.69, 9.17) is 4.74 Å². The van der Waals surface area contributed by atoms with Crippen molar-refractivity contribution in [3.8, 4) is 5.75 Å². The summed E-state index contributed by atoms with van der Waals surface area (Å²) in [6.45, 7) is 6.02. The molecular formula is C15H21FN4O. The molecule has 5 nitrogen and oxygen atoms in total. The predicted octanol–water partition coefficient (Wildman–Crippen LogP) is 2.28. The summed E-state index contributed by atoms with van der Waals surface area (Å²) in [5.74, 6) is 1.09. The second-order valence-corrected chi connectivity index (χ2v) is 5.44. The smallest absolute Gasteiger partial charge is 0.170 e. The van der Waals surface area contributed by atoms with Gasteiger partial charge >= 0.3 is 0 Å². The van der Waals surface area contributed by atoms with E-state index in [0.717, 1.165) is 12.1 Å². The molecular weight excluding hydrogens is 271 g/mol. The minimum Gasteiger partial charge on any atom is -0.483 e. The van der Waals surface area contributed by atoms with Gasteiger partial charge in [0.2, 0.25) is 0 Å². The highest BCUT2D eigenvalue weighted by molar-refractivity contribution is 5.29. The third-order valence-corrected chi connectivity index (χ3v) is 3.04. The van der Waals surface area contributed by atoms with Crippen molar-refractivity contribution in [3.05, 3.63) is 41.7 Å². The average molecular weight is 292 g/mol. The molecule has 0 radical (unpaired) electrons. The Morgan fingerprint density at radius 2 is 2.19 bits per heavy atom. The molecule has 2 rings (SSSR count). The molecule has 0 aliphatic rings. The summed E-state index contributed by atoms with van der Waals surface area (Å²) in [6, 6.07) is 5.01.